The molecule has 0 amide bonds. The lowest BCUT2D eigenvalue weighted by Crippen LogP contribution is -2.38. The third kappa shape index (κ3) is 2.79. The zero-order valence-electron chi connectivity index (χ0n) is 9.50. The Morgan fingerprint density at radius 1 is 1.56 bits per heavy atom. The fourth-order valence-electron chi connectivity index (χ4n) is 1.56. The Hall–Kier alpha value is -1.42. The van der Waals surface area contributed by atoms with Crippen LogP contribution in [0.25, 0.3) is 0 Å². The van der Waals surface area contributed by atoms with Crippen molar-refractivity contribution in [3.05, 3.63) is 35.6 Å². The highest BCUT2D eigenvalue weighted by Gasteiger charge is 2.29. The molecule has 0 fully saturated rings. The van der Waals surface area contributed by atoms with Crippen LogP contribution < -0.4 is 5.73 Å². The maximum atomic E-state index is 13.1. The zero-order chi connectivity index (χ0) is 12.2. The summed E-state index contributed by atoms with van der Waals surface area (Å²) < 4.78 is 17.7. The standard InChI is InChI=1S/C12H16FNO2/c1-3-12(14,8-11(15)16-2)9-5-4-6-10(13)7-9/h4-7H,3,8,14H2,1-2H3. The first-order valence-corrected chi connectivity index (χ1v) is 5.13. The molecule has 0 heterocycles. The number of ether oxygens (including phenoxy) is 1. The van der Waals surface area contributed by atoms with E-state index in [-0.39, 0.29) is 12.2 Å². The van der Waals surface area contributed by atoms with Crippen LogP contribution >= 0.6 is 0 Å². The van der Waals surface area contributed by atoms with Crippen LogP contribution in [0.3, 0.4) is 0 Å². The number of esters is 1. The van der Waals surface area contributed by atoms with Crippen molar-refractivity contribution in [2.75, 3.05) is 7.11 Å². The van der Waals surface area contributed by atoms with Crippen LogP contribution in [0.1, 0.15) is 25.3 Å². The Labute approximate surface area is 94.4 Å². The number of nitrogens with two attached hydrogens (primary N) is 1. The molecular weight excluding hydrogens is 209 g/mol. The first kappa shape index (κ1) is 12.6. The van der Waals surface area contributed by atoms with Crippen molar-refractivity contribution in [1.82, 2.24) is 0 Å². The molecule has 3 nitrogen and oxygen atoms in total. The quantitative estimate of drug-likeness (QED) is 0.797. The molecule has 1 atom stereocenters. The van der Waals surface area contributed by atoms with Crippen LogP contribution in [0, 0.1) is 5.82 Å². The lowest BCUT2D eigenvalue weighted by atomic mass is 9.85. The molecule has 0 aliphatic rings. The van der Waals surface area contributed by atoms with E-state index in [9.17, 15) is 9.18 Å². The number of carbonyl (C=O) groups excluding carboxylic acids is 1. The number of halogens is 1. The summed E-state index contributed by atoms with van der Waals surface area (Å²) in [5, 5.41) is 0. The van der Waals surface area contributed by atoms with E-state index in [4.69, 9.17) is 5.73 Å². The molecule has 0 spiro atoms. The molecule has 0 aromatic heterocycles. The topological polar surface area (TPSA) is 52.3 Å². The summed E-state index contributed by atoms with van der Waals surface area (Å²) in [6.07, 6.45) is 0.578. The van der Waals surface area contributed by atoms with Gasteiger partial charge in [-0.15, -0.1) is 0 Å². The van der Waals surface area contributed by atoms with E-state index >= 15 is 0 Å². The van der Waals surface area contributed by atoms with Gasteiger partial charge in [-0.25, -0.2) is 4.39 Å². The van der Waals surface area contributed by atoms with Gasteiger partial charge in [-0.1, -0.05) is 19.1 Å². The molecule has 0 bridgehead atoms. The van der Waals surface area contributed by atoms with Gasteiger partial charge in [-0.2, -0.15) is 0 Å². The summed E-state index contributed by atoms with van der Waals surface area (Å²) in [5.74, 6) is -0.751. The van der Waals surface area contributed by atoms with Crippen molar-refractivity contribution in [3.8, 4) is 0 Å². The Morgan fingerprint density at radius 3 is 2.75 bits per heavy atom. The van der Waals surface area contributed by atoms with Gasteiger partial charge in [0.05, 0.1) is 19.1 Å². The summed E-state index contributed by atoms with van der Waals surface area (Å²) in [7, 11) is 1.31. The molecule has 0 saturated heterocycles. The van der Waals surface area contributed by atoms with Crippen molar-refractivity contribution in [3.63, 3.8) is 0 Å². The Kier molecular flexibility index (Phi) is 4.01. The lowest BCUT2D eigenvalue weighted by molar-refractivity contribution is -0.142. The predicted molar refractivity (Wildman–Crippen MR) is 59.2 cm³/mol. The Morgan fingerprint density at radius 2 is 2.25 bits per heavy atom. The molecule has 2 N–H and O–H groups in total. The van der Waals surface area contributed by atoms with E-state index in [2.05, 4.69) is 4.74 Å². The molecule has 0 radical (unpaired) electrons. The van der Waals surface area contributed by atoms with Gasteiger partial charge in [-0.3, -0.25) is 4.79 Å². The van der Waals surface area contributed by atoms with Crippen LogP contribution in [0.2, 0.25) is 0 Å². The lowest BCUT2D eigenvalue weighted by Gasteiger charge is -2.27. The summed E-state index contributed by atoms with van der Waals surface area (Å²) in [6.45, 7) is 1.86. The number of methoxy groups -OCH3 is 1. The minimum absolute atomic E-state index is 0.0451. The van der Waals surface area contributed by atoms with Gasteiger partial charge >= 0.3 is 5.97 Å². The SMILES string of the molecule is CCC(N)(CC(=O)OC)c1cccc(F)c1. The van der Waals surface area contributed by atoms with Gasteiger partial charge in [0.25, 0.3) is 0 Å². The van der Waals surface area contributed by atoms with E-state index in [1.807, 2.05) is 6.92 Å². The highest BCUT2D eigenvalue weighted by Crippen LogP contribution is 2.26. The van der Waals surface area contributed by atoms with E-state index in [1.54, 1.807) is 12.1 Å². The molecule has 0 aliphatic carbocycles. The normalized spacial score (nSPS) is 14.2. The van der Waals surface area contributed by atoms with Crippen LogP contribution in [0.5, 0.6) is 0 Å². The van der Waals surface area contributed by atoms with Crippen LogP contribution in [0.15, 0.2) is 24.3 Å². The number of rotatable bonds is 4. The number of hydrogen-bond acceptors (Lipinski definition) is 3. The summed E-state index contributed by atoms with van der Waals surface area (Å²) in [6, 6.07) is 6.00. The average Bonchev–Trinajstić information content (AvgIpc) is 2.28. The minimum atomic E-state index is -0.866. The van der Waals surface area contributed by atoms with Crippen LogP contribution in [-0.2, 0) is 15.1 Å². The highest BCUT2D eigenvalue weighted by molar-refractivity contribution is 5.71. The van der Waals surface area contributed by atoms with Gasteiger partial charge < -0.3 is 10.5 Å². The fraction of sp³-hybridized carbons (Fsp3) is 0.417. The molecule has 1 rings (SSSR count). The molecule has 1 aromatic carbocycles. The molecule has 0 saturated carbocycles. The summed E-state index contributed by atoms with van der Waals surface area (Å²) in [5.41, 5.74) is 5.84. The second kappa shape index (κ2) is 5.07. The maximum absolute atomic E-state index is 13.1. The van der Waals surface area contributed by atoms with Crippen molar-refractivity contribution in [1.29, 1.82) is 0 Å². The van der Waals surface area contributed by atoms with Crippen molar-refractivity contribution < 1.29 is 13.9 Å². The zero-order valence-corrected chi connectivity index (χ0v) is 9.50. The van der Waals surface area contributed by atoms with Crippen molar-refractivity contribution in [2.45, 2.75) is 25.3 Å². The Balaban J connectivity index is 2.99. The molecule has 88 valence electrons. The molecular formula is C12H16FNO2. The van der Waals surface area contributed by atoms with Gasteiger partial charge in [0.1, 0.15) is 5.82 Å². The first-order chi connectivity index (χ1) is 7.51. The summed E-state index contributed by atoms with van der Waals surface area (Å²) >= 11 is 0. The van der Waals surface area contributed by atoms with Crippen molar-refractivity contribution >= 4 is 5.97 Å². The largest absolute Gasteiger partial charge is 0.469 e. The van der Waals surface area contributed by atoms with Gasteiger partial charge in [-0.05, 0) is 24.1 Å². The maximum Gasteiger partial charge on any atom is 0.307 e. The van der Waals surface area contributed by atoms with Crippen LogP contribution in [-0.4, -0.2) is 13.1 Å². The molecule has 1 aromatic rings. The fourth-order valence-corrected chi connectivity index (χ4v) is 1.56. The molecule has 16 heavy (non-hydrogen) atoms. The van der Waals surface area contributed by atoms with Gasteiger partial charge in [0.2, 0.25) is 0 Å². The average molecular weight is 225 g/mol. The molecule has 0 aliphatic heterocycles. The summed E-state index contributed by atoms with van der Waals surface area (Å²) in [4.78, 5) is 11.2. The number of carbonyl (C=O) groups is 1. The highest BCUT2D eigenvalue weighted by atomic mass is 19.1. The number of hydrogen-bond donors (Lipinski definition) is 1. The van der Waals surface area contributed by atoms with E-state index < -0.39 is 11.5 Å². The predicted octanol–water partition coefficient (Wildman–Crippen LogP) is 1.95. The Bertz CT molecular complexity index is 381. The third-order valence-electron chi connectivity index (χ3n) is 2.72. The third-order valence-corrected chi connectivity index (χ3v) is 2.72. The second-order valence-corrected chi connectivity index (χ2v) is 3.77. The monoisotopic (exact) mass is 225 g/mol. The van der Waals surface area contributed by atoms with Gasteiger partial charge in [0, 0.05) is 0 Å². The van der Waals surface area contributed by atoms with E-state index in [1.165, 1.54) is 19.2 Å². The van der Waals surface area contributed by atoms with Crippen LogP contribution in [0.4, 0.5) is 4.39 Å². The van der Waals surface area contributed by atoms with E-state index in [0.29, 0.717) is 12.0 Å². The molecule has 1 unspecified atom stereocenters. The smallest absolute Gasteiger partial charge is 0.307 e. The van der Waals surface area contributed by atoms with E-state index in [0.717, 1.165) is 0 Å². The minimum Gasteiger partial charge on any atom is -0.469 e. The number of benzene rings is 1. The first-order valence-electron chi connectivity index (χ1n) is 5.13. The molecule has 4 heteroatoms. The second-order valence-electron chi connectivity index (χ2n) is 3.77. The van der Waals surface area contributed by atoms with Gasteiger partial charge in [0.15, 0.2) is 0 Å². The van der Waals surface area contributed by atoms with Crippen molar-refractivity contribution in [2.24, 2.45) is 5.73 Å².